The fourth-order valence-corrected chi connectivity index (χ4v) is 4.76. The molecule has 4 rings (SSSR count). The average molecular weight is 379 g/mol. The number of alkyl carbamates (subject to hydrolysis) is 1. The summed E-state index contributed by atoms with van der Waals surface area (Å²) in [7, 11) is 0. The van der Waals surface area contributed by atoms with Crippen LogP contribution < -0.4 is 5.32 Å². The zero-order valence-electron chi connectivity index (χ0n) is 16.0. The second kappa shape index (κ2) is 7.30. The fraction of sp³-hybridized carbons (Fsp3) is 0.391. The van der Waals surface area contributed by atoms with Crippen LogP contribution in [-0.2, 0) is 9.53 Å². The Bertz CT molecular complexity index is 855. The molecular weight excluding hydrogens is 354 g/mol. The lowest BCUT2D eigenvalue weighted by molar-refractivity contribution is -0.142. The van der Waals surface area contributed by atoms with Crippen molar-refractivity contribution in [3.05, 3.63) is 59.7 Å². The van der Waals surface area contributed by atoms with Crippen molar-refractivity contribution in [2.24, 2.45) is 5.41 Å². The Hall–Kier alpha value is -2.82. The van der Waals surface area contributed by atoms with Crippen LogP contribution in [-0.4, -0.2) is 29.8 Å². The third kappa shape index (κ3) is 3.26. The Labute approximate surface area is 164 Å². The van der Waals surface area contributed by atoms with Crippen LogP contribution >= 0.6 is 0 Å². The minimum Gasteiger partial charge on any atom is -0.480 e. The molecule has 0 saturated heterocycles. The van der Waals surface area contributed by atoms with Gasteiger partial charge < -0.3 is 15.2 Å². The highest BCUT2D eigenvalue weighted by atomic mass is 16.5. The predicted molar refractivity (Wildman–Crippen MR) is 106 cm³/mol. The van der Waals surface area contributed by atoms with E-state index in [9.17, 15) is 14.7 Å². The summed E-state index contributed by atoms with van der Waals surface area (Å²) in [5.41, 5.74) is 4.17. The number of carboxylic acid groups (broad SMARTS) is 1. The van der Waals surface area contributed by atoms with Gasteiger partial charge in [-0.2, -0.15) is 0 Å². The number of ether oxygens (including phenoxy) is 1. The van der Waals surface area contributed by atoms with E-state index in [1.54, 1.807) is 0 Å². The molecule has 2 aromatic rings. The summed E-state index contributed by atoms with van der Waals surface area (Å²) in [5, 5.41) is 12.2. The lowest BCUT2D eigenvalue weighted by Gasteiger charge is -2.31. The molecule has 2 aromatic carbocycles. The Morgan fingerprint density at radius 1 is 1.07 bits per heavy atom. The zero-order chi connectivity index (χ0) is 19.7. The van der Waals surface area contributed by atoms with Crippen LogP contribution in [0, 0.1) is 5.41 Å². The Balaban J connectivity index is 1.47. The molecule has 2 aliphatic rings. The Morgan fingerprint density at radius 3 is 2.14 bits per heavy atom. The van der Waals surface area contributed by atoms with E-state index in [4.69, 9.17) is 4.74 Å². The first-order valence-electron chi connectivity index (χ1n) is 9.84. The fourth-order valence-electron chi connectivity index (χ4n) is 4.76. The van der Waals surface area contributed by atoms with Crippen LogP contribution in [0.1, 0.15) is 49.7 Å². The first-order chi connectivity index (χ1) is 13.5. The largest absolute Gasteiger partial charge is 0.480 e. The number of hydrogen-bond acceptors (Lipinski definition) is 3. The van der Waals surface area contributed by atoms with Crippen molar-refractivity contribution >= 4 is 12.1 Å². The lowest BCUT2D eigenvalue weighted by atomic mass is 9.80. The maximum atomic E-state index is 12.4. The molecule has 1 amide bonds. The normalized spacial score (nSPS) is 18.2. The molecule has 28 heavy (non-hydrogen) atoms. The zero-order valence-corrected chi connectivity index (χ0v) is 16.0. The molecule has 1 atom stereocenters. The van der Waals surface area contributed by atoms with E-state index in [1.165, 1.54) is 0 Å². The Morgan fingerprint density at radius 2 is 1.61 bits per heavy atom. The van der Waals surface area contributed by atoms with Crippen molar-refractivity contribution in [2.45, 2.75) is 44.6 Å². The van der Waals surface area contributed by atoms with Gasteiger partial charge in [0.15, 0.2) is 0 Å². The average Bonchev–Trinajstić information content (AvgIpc) is 3.27. The van der Waals surface area contributed by atoms with Gasteiger partial charge in [-0.3, -0.25) is 0 Å². The molecule has 2 N–H and O–H groups in total. The molecule has 2 aliphatic carbocycles. The number of carboxylic acids is 1. The van der Waals surface area contributed by atoms with Gasteiger partial charge in [-0.1, -0.05) is 68.3 Å². The third-order valence-corrected chi connectivity index (χ3v) is 6.30. The SMILES string of the molecule is CC1(C(NC(=O)OCC2c3ccccc3-c3ccccc32)C(=O)O)CCCC1. The molecule has 0 radical (unpaired) electrons. The first kappa shape index (κ1) is 18.5. The number of fused-ring (bicyclic) bond motifs is 3. The molecule has 5 heteroatoms. The second-order valence-corrected chi connectivity index (χ2v) is 8.10. The van der Waals surface area contributed by atoms with Crippen LogP contribution in [0.15, 0.2) is 48.5 Å². The van der Waals surface area contributed by atoms with E-state index in [-0.39, 0.29) is 12.5 Å². The van der Waals surface area contributed by atoms with E-state index in [2.05, 4.69) is 29.6 Å². The molecule has 0 aromatic heterocycles. The van der Waals surface area contributed by atoms with Crippen LogP contribution in [0.3, 0.4) is 0 Å². The first-order valence-corrected chi connectivity index (χ1v) is 9.84. The number of nitrogens with one attached hydrogen (secondary N) is 1. The summed E-state index contributed by atoms with van der Waals surface area (Å²) in [6.45, 7) is 2.12. The second-order valence-electron chi connectivity index (χ2n) is 8.10. The van der Waals surface area contributed by atoms with Crippen LogP contribution in [0.2, 0.25) is 0 Å². The summed E-state index contributed by atoms with van der Waals surface area (Å²) < 4.78 is 5.51. The van der Waals surface area contributed by atoms with Gasteiger partial charge in [0.2, 0.25) is 0 Å². The summed E-state index contributed by atoms with van der Waals surface area (Å²) >= 11 is 0. The molecule has 0 spiro atoms. The molecule has 0 aliphatic heterocycles. The number of carbonyl (C=O) groups excluding carboxylic acids is 1. The Kier molecular flexibility index (Phi) is 4.84. The van der Waals surface area contributed by atoms with Crippen molar-refractivity contribution in [3.8, 4) is 11.1 Å². The molecule has 0 heterocycles. The predicted octanol–water partition coefficient (Wildman–Crippen LogP) is 4.56. The van der Waals surface area contributed by atoms with E-state index in [0.29, 0.717) is 0 Å². The van der Waals surface area contributed by atoms with Gasteiger partial charge in [0.05, 0.1) is 0 Å². The summed E-state index contributed by atoms with van der Waals surface area (Å²) in [4.78, 5) is 24.2. The number of rotatable bonds is 5. The minimum atomic E-state index is -1.00. The number of aliphatic carboxylic acids is 1. The van der Waals surface area contributed by atoms with Gasteiger partial charge in [0, 0.05) is 5.92 Å². The summed E-state index contributed by atoms with van der Waals surface area (Å²) in [5.74, 6) is -1.04. The minimum absolute atomic E-state index is 0.0384. The standard InChI is InChI=1S/C23H25NO4/c1-23(12-6-7-13-23)20(21(25)26)24-22(27)28-14-19-17-10-4-2-8-15(17)16-9-3-5-11-18(16)19/h2-5,8-11,19-20H,6-7,12-14H2,1H3,(H,24,27)(H,25,26). The summed E-state index contributed by atoms with van der Waals surface area (Å²) in [6, 6.07) is 15.3. The van der Waals surface area contributed by atoms with E-state index < -0.39 is 23.5 Å². The summed E-state index contributed by atoms with van der Waals surface area (Å²) in [6.07, 6.45) is 2.92. The molecule has 0 bridgehead atoms. The van der Waals surface area contributed by atoms with Crippen LogP contribution in [0.4, 0.5) is 4.79 Å². The van der Waals surface area contributed by atoms with Crippen molar-refractivity contribution in [1.82, 2.24) is 5.32 Å². The molecule has 1 fully saturated rings. The highest BCUT2D eigenvalue weighted by Gasteiger charge is 2.42. The van der Waals surface area contributed by atoms with Crippen molar-refractivity contribution in [2.75, 3.05) is 6.61 Å². The van der Waals surface area contributed by atoms with Gasteiger partial charge in [-0.05, 0) is 40.5 Å². The quantitative estimate of drug-likeness (QED) is 0.799. The maximum Gasteiger partial charge on any atom is 0.407 e. The van der Waals surface area contributed by atoms with E-state index >= 15 is 0 Å². The molecule has 1 unspecified atom stereocenters. The van der Waals surface area contributed by atoms with Crippen LogP contribution in [0.5, 0.6) is 0 Å². The third-order valence-electron chi connectivity index (χ3n) is 6.30. The monoisotopic (exact) mass is 379 g/mol. The van der Waals surface area contributed by atoms with Crippen LogP contribution in [0.25, 0.3) is 11.1 Å². The number of amides is 1. The van der Waals surface area contributed by atoms with Crippen molar-refractivity contribution in [3.63, 3.8) is 0 Å². The molecule has 1 saturated carbocycles. The molecule has 146 valence electrons. The highest BCUT2D eigenvalue weighted by Crippen LogP contribution is 2.44. The van der Waals surface area contributed by atoms with E-state index in [1.807, 2.05) is 31.2 Å². The van der Waals surface area contributed by atoms with Gasteiger partial charge in [0.25, 0.3) is 0 Å². The highest BCUT2D eigenvalue weighted by molar-refractivity contribution is 5.81. The van der Waals surface area contributed by atoms with Gasteiger partial charge in [-0.25, -0.2) is 9.59 Å². The van der Waals surface area contributed by atoms with Gasteiger partial charge in [0.1, 0.15) is 12.6 Å². The molecule has 5 nitrogen and oxygen atoms in total. The molecular formula is C23H25NO4. The number of benzene rings is 2. The number of hydrogen-bond donors (Lipinski definition) is 2. The van der Waals surface area contributed by atoms with Gasteiger partial charge >= 0.3 is 12.1 Å². The maximum absolute atomic E-state index is 12.4. The number of carbonyl (C=O) groups is 2. The van der Waals surface area contributed by atoms with Crippen molar-refractivity contribution < 1.29 is 19.4 Å². The topological polar surface area (TPSA) is 75.6 Å². The smallest absolute Gasteiger partial charge is 0.407 e. The van der Waals surface area contributed by atoms with E-state index in [0.717, 1.165) is 47.9 Å². The lowest BCUT2D eigenvalue weighted by Crippen LogP contribution is -2.50. The van der Waals surface area contributed by atoms with Crippen molar-refractivity contribution in [1.29, 1.82) is 0 Å². The van der Waals surface area contributed by atoms with Gasteiger partial charge in [-0.15, -0.1) is 0 Å².